The predicted molar refractivity (Wildman–Crippen MR) is 96.1 cm³/mol. The average molecular weight is 355 g/mol. The molecular weight excluding hydrogens is 334 g/mol. The maximum absolute atomic E-state index is 12.6. The summed E-state index contributed by atoms with van der Waals surface area (Å²) in [6, 6.07) is 7.95. The maximum Gasteiger partial charge on any atom is 0.263 e. The molecule has 0 bridgehead atoms. The molecule has 2 aromatic rings. The largest absolute Gasteiger partial charge is 0.338 e. The molecule has 4 rings (SSSR count). The van der Waals surface area contributed by atoms with E-state index >= 15 is 0 Å². The van der Waals surface area contributed by atoms with E-state index in [0.29, 0.717) is 25.4 Å². The van der Waals surface area contributed by atoms with Crippen LogP contribution in [0.2, 0.25) is 0 Å². The first-order chi connectivity index (χ1) is 12.2. The van der Waals surface area contributed by atoms with Gasteiger partial charge >= 0.3 is 0 Å². The number of nitrogens with zero attached hydrogens (tertiary/aromatic N) is 3. The molecule has 2 aliphatic heterocycles. The van der Waals surface area contributed by atoms with Crippen LogP contribution in [0, 0.1) is 5.92 Å². The van der Waals surface area contributed by atoms with Crippen molar-refractivity contribution in [3.8, 4) is 0 Å². The number of amides is 2. The van der Waals surface area contributed by atoms with Gasteiger partial charge in [-0.25, -0.2) is 0 Å². The van der Waals surface area contributed by atoms with Crippen molar-refractivity contribution < 1.29 is 9.59 Å². The van der Waals surface area contributed by atoms with Crippen molar-refractivity contribution >= 4 is 23.2 Å². The Morgan fingerprint density at radius 3 is 2.96 bits per heavy atom. The van der Waals surface area contributed by atoms with E-state index in [2.05, 4.69) is 4.98 Å². The van der Waals surface area contributed by atoms with Gasteiger partial charge in [0.15, 0.2) is 0 Å². The molecule has 4 heterocycles. The van der Waals surface area contributed by atoms with Gasteiger partial charge in [-0.1, -0.05) is 12.1 Å². The lowest BCUT2D eigenvalue weighted by Crippen LogP contribution is -2.56. The third-order valence-electron chi connectivity index (χ3n) is 5.24. The molecule has 0 radical (unpaired) electrons. The summed E-state index contributed by atoms with van der Waals surface area (Å²) in [7, 11) is 0. The SMILES string of the molecule is O=C(c1cccs1)N1CC[C@H]2[C@H](CCC(=O)N2Cc2cccnc2)C1. The Hall–Kier alpha value is -2.21. The van der Waals surface area contributed by atoms with Crippen LogP contribution in [0.15, 0.2) is 42.0 Å². The molecule has 25 heavy (non-hydrogen) atoms. The highest BCUT2D eigenvalue weighted by Gasteiger charge is 2.40. The minimum atomic E-state index is 0.129. The Kier molecular flexibility index (Phi) is 4.53. The van der Waals surface area contributed by atoms with Crippen LogP contribution >= 0.6 is 11.3 Å². The average Bonchev–Trinajstić information content (AvgIpc) is 3.19. The van der Waals surface area contributed by atoms with E-state index in [-0.39, 0.29) is 17.9 Å². The van der Waals surface area contributed by atoms with Crippen LogP contribution in [0.1, 0.15) is 34.5 Å². The maximum atomic E-state index is 12.6. The lowest BCUT2D eigenvalue weighted by atomic mass is 9.83. The molecule has 2 saturated heterocycles. The number of carbonyl (C=O) groups is 2. The fourth-order valence-electron chi connectivity index (χ4n) is 3.99. The number of thiophene rings is 1. The number of hydrogen-bond donors (Lipinski definition) is 0. The number of pyridine rings is 1. The molecule has 2 amide bonds. The fraction of sp³-hybridized carbons (Fsp3) is 0.421. The van der Waals surface area contributed by atoms with Gasteiger partial charge in [0.2, 0.25) is 5.91 Å². The molecule has 0 aliphatic carbocycles. The summed E-state index contributed by atoms with van der Waals surface area (Å²) in [5, 5.41) is 1.94. The summed E-state index contributed by atoms with van der Waals surface area (Å²) in [6.07, 6.45) is 5.88. The van der Waals surface area contributed by atoms with Crippen molar-refractivity contribution in [2.24, 2.45) is 5.92 Å². The summed E-state index contributed by atoms with van der Waals surface area (Å²) in [5.41, 5.74) is 1.06. The van der Waals surface area contributed by atoms with Gasteiger partial charge in [-0.2, -0.15) is 0 Å². The molecule has 0 aromatic carbocycles. The summed E-state index contributed by atoms with van der Waals surface area (Å²) in [4.78, 5) is 34.0. The van der Waals surface area contributed by atoms with Crippen molar-refractivity contribution in [2.75, 3.05) is 13.1 Å². The van der Waals surface area contributed by atoms with Gasteiger partial charge < -0.3 is 9.80 Å². The van der Waals surface area contributed by atoms with Crippen molar-refractivity contribution in [3.63, 3.8) is 0 Å². The predicted octanol–water partition coefficient (Wildman–Crippen LogP) is 2.80. The molecule has 130 valence electrons. The fourth-order valence-corrected chi connectivity index (χ4v) is 4.68. The van der Waals surface area contributed by atoms with E-state index in [1.807, 2.05) is 45.6 Å². The molecule has 0 saturated carbocycles. The van der Waals surface area contributed by atoms with Crippen molar-refractivity contribution in [2.45, 2.75) is 31.8 Å². The number of carbonyl (C=O) groups excluding carboxylic acids is 2. The number of fused-ring (bicyclic) bond motifs is 1. The molecule has 2 aliphatic rings. The van der Waals surface area contributed by atoms with Crippen molar-refractivity contribution in [1.82, 2.24) is 14.8 Å². The second kappa shape index (κ2) is 6.96. The molecule has 0 unspecified atom stereocenters. The van der Waals surface area contributed by atoms with Crippen LogP contribution in [0.5, 0.6) is 0 Å². The molecule has 0 spiro atoms. The lowest BCUT2D eigenvalue weighted by molar-refractivity contribution is -0.141. The third kappa shape index (κ3) is 3.31. The summed E-state index contributed by atoms with van der Waals surface area (Å²) in [6.45, 7) is 2.08. The van der Waals surface area contributed by atoms with Gasteiger partial charge in [-0.15, -0.1) is 11.3 Å². The van der Waals surface area contributed by atoms with Gasteiger partial charge in [0.1, 0.15) is 0 Å². The lowest BCUT2D eigenvalue weighted by Gasteiger charge is -2.47. The molecule has 2 fully saturated rings. The first-order valence-corrected chi connectivity index (χ1v) is 9.61. The first-order valence-electron chi connectivity index (χ1n) is 8.73. The summed E-state index contributed by atoms with van der Waals surface area (Å²) >= 11 is 1.49. The van der Waals surface area contributed by atoms with Gasteiger partial charge in [-0.05, 0) is 41.8 Å². The van der Waals surface area contributed by atoms with Crippen LogP contribution in [0.4, 0.5) is 0 Å². The normalized spacial score (nSPS) is 23.4. The summed E-state index contributed by atoms with van der Waals surface area (Å²) in [5.74, 6) is 0.722. The molecule has 2 atom stereocenters. The zero-order valence-electron chi connectivity index (χ0n) is 14.0. The molecular formula is C19H21N3O2S. The van der Waals surface area contributed by atoms with E-state index < -0.39 is 0 Å². The van der Waals surface area contributed by atoms with Crippen LogP contribution in [-0.2, 0) is 11.3 Å². The van der Waals surface area contributed by atoms with Crippen LogP contribution in [0.3, 0.4) is 0 Å². The van der Waals surface area contributed by atoms with E-state index in [0.717, 1.165) is 29.8 Å². The van der Waals surface area contributed by atoms with Crippen LogP contribution < -0.4 is 0 Å². The van der Waals surface area contributed by atoms with Crippen molar-refractivity contribution in [3.05, 3.63) is 52.5 Å². The Morgan fingerprint density at radius 1 is 1.28 bits per heavy atom. The first kappa shape index (κ1) is 16.3. The second-order valence-corrected chi connectivity index (χ2v) is 7.71. The number of aromatic nitrogens is 1. The summed E-state index contributed by atoms with van der Waals surface area (Å²) < 4.78 is 0. The Balaban J connectivity index is 1.47. The highest BCUT2D eigenvalue weighted by Crippen LogP contribution is 2.33. The van der Waals surface area contributed by atoms with E-state index in [1.165, 1.54) is 11.3 Å². The zero-order valence-corrected chi connectivity index (χ0v) is 14.8. The van der Waals surface area contributed by atoms with Gasteiger partial charge in [-0.3, -0.25) is 14.6 Å². The van der Waals surface area contributed by atoms with Gasteiger partial charge in [0.25, 0.3) is 5.91 Å². The Bertz CT molecular complexity index is 747. The monoisotopic (exact) mass is 355 g/mol. The van der Waals surface area contributed by atoms with Gasteiger partial charge in [0.05, 0.1) is 4.88 Å². The molecule has 6 heteroatoms. The topological polar surface area (TPSA) is 53.5 Å². The minimum absolute atomic E-state index is 0.129. The minimum Gasteiger partial charge on any atom is -0.338 e. The number of hydrogen-bond acceptors (Lipinski definition) is 4. The standard InChI is InChI=1S/C19H21N3O2S/c23-18-6-5-15-13-21(19(24)17-4-2-10-25-17)9-7-16(15)22(18)12-14-3-1-8-20-11-14/h1-4,8,10-11,15-16H,5-7,9,12-13H2/t15-,16+/m1/s1. The second-order valence-electron chi connectivity index (χ2n) is 6.77. The van der Waals surface area contributed by atoms with E-state index in [4.69, 9.17) is 0 Å². The quantitative estimate of drug-likeness (QED) is 0.851. The molecule has 2 aromatic heterocycles. The zero-order chi connectivity index (χ0) is 17.2. The highest BCUT2D eigenvalue weighted by molar-refractivity contribution is 7.12. The molecule has 0 N–H and O–H groups in total. The van der Waals surface area contributed by atoms with Crippen LogP contribution in [0.25, 0.3) is 0 Å². The number of piperidine rings is 2. The Morgan fingerprint density at radius 2 is 2.20 bits per heavy atom. The van der Waals surface area contributed by atoms with Gasteiger partial charge in [0, 0.05) is 44.5 Å². The molecule has 5 nitrogen and oxygen atoms in total. The van der Waals surface area contributed by atoms with Crippen LogP contribution in [-0.4, -0.2) is 45.7 Å². The van der Waals surface area contributed by atoms with Crippen molar-refractivity contribution in [1.29, 1.82) is 0 Å². The smallest absolute Gasteiger partial charge is 0.263 e. The van der Waals surface area contributed by atoms with E-state index in [9.17, 15) is 9.59 Å². The number of rotatable bonds is 3. The Labute approximate surface area is 151 Å². The third-order valence-corrected chi connectivity index (χ3v) is 6.10. The highest BCUT2D eigenvalue weighted by atomic mass is 32.1. The van der Waals surface area contributed by atoms with E-state index in [1.54, 1.807) is 6.20 Å². The number of likely N-dealkylation sites (tertiary alicyclic amines) is 2.